The topological polar surface area (TPSA) is 60.2 Å². The van der Waals surface area contributed by atoms with Crippen LogP contribution in [-0.4, -0.2) is 45.5 Å². The molecule has 0 spiro atoms. The summed E-state index contributed by atoms with van der Waals surface area (Å²) in [6.45, 7) is 2.02. The van der Waals surface area contributed by atoms with Gasteiger partial charge in [-0.2, -0.15) is 0 Å². The molecule has 0 radical (unpaired) electrons. The highest BCUT2D eigenvalue weighted by Gasteiger charge is 2.19. The number of benzene rings is 2. The normalized spacial score (nSPS) is 11.8. The summed E-state index contributed by atoms with van der Waals surface area (Å²) in [5.41, 5.74) is 1.95. The van der Waals surface area contributed by atoms with E-state index in [0.717, 1.165) is 17.0 Å². The van der Waals surface area contributed by atoms with Crippen molar-refractivity contribution in [3.8, 4) is 11.4 Å². The number of ether oxygens (including phenoxy) is 1. The molecule has 140 valence electrons. The number of carbonyl (C=O) groups is 1. The fourth-order valence-corrected chi connectivity index (χ4v) is 3.56. The number of methoxy groups -OCH3 is 1. The molecule has 0 N–H and O–H groups in total. The molecular weight excluding hydrogens is 360 g/mol. The van der Waals surface area contributed by atoms with E-state index >= 15 is 0 Å². The molecule has 0 fully saturated rings. The minimum Gasteiger partial charge on any atom is -0.495 e. The molecule has 6 nitrogen and oxygen atoms in total. The van der Waals surface area contributed by atoms with Crippen LogP contribution in [0.3, 0.4) is 0 Å². The summed E-state index contributed by atoms with van der Waals surface area (Å²) >= 11 is 1.36. The van der Waals surface area contributed by atoms with Crippen LogP contribution in [0.1, 0.15) is 18.5 Å². The molecule has 27 heavy (non-hydrogen) atoms. The van der Waals surface area contributed by atoms with Gasteiger partial charge in [0.05, 0.1) is 24.6 Å². The highest BCUT2D eigenvalue weighted by molar-refractivity contribution is 7.99. The van der Waals surface area contributed by atoms with Gasteiger partial charge in [-0.25, -0.2) is 0 Å². The van der Waals surface area contributed by atoms with Crippen LogP contribution >= 0.6 is 11.8 Å². The van der Waals surface area contributed by atoms with Crippen LogP contribution in [0.5, 0.6) is 5.75 Å². The number of aromatic nitrogens is 3. The Hall–Kier alpha value is -2.80. The quantitative estimate of drug-likeness (QED) is 0.585. The molecule has 2 aromatic carbocycles. The number of thioether (sulfide) groups is 1. The lowest BCUT2D eigenvalue weighted by atomic mass is 10.1. The Labute approximate surface area is 163 Å². The van der Waals surface area contributed by atoms with E-state index in [-0.39, 0.29) is 17.7 Å². The molecule has 1 heterocycles. The monoisotopic (exact) mass is 382 g/mol. The van der Waals surface area contributed by atoms with Crippen molar-refractivity contribution < 1.29 is 9.53 Å². The summed E-state index contributed by atoms with van der Waals surface area (Å²) < 4.78 is 7.24. The van der Waals surface area contributed by atoms with Crippen molar-refractivity contribution >= 4 is 17.7 Å². The fourth-order valence-electron chi connectivity index (χ4n) is 2.72. The van der Waals surface area contributed by atoms with Crippen LogP contribution < -0.4 is 4.74 Å². The Bertz CT molecular complexity index is 898. The van der Waals surface area contributed by atoms with E-state index in [0.29, 0.717) is 5.16 Å². The molecule has 0 saturated heterocycles. The Balaban J connectivity index is 1.69. The summed E-state index contributed by atoms with van der Waals surface area (Å²) in [4.78, 5) is 14.4. The van der Waals surface area contributed by atoms with Crippen molar-refractivity contribution in [2.45, 2.75) is 18.1 Å². The number of nitrogens with zero attached hydrogens (tertiary/aromatic N) is 4. The van der Waals surface area contributed by atoms with E-state index in [2.05, 4.69) is 10.2 Å². The number of para-hydroxylation sites is 2. The Morgan fingerprint density at radius 3 is 2.63 bits per heavy atom. The second-order valence-corrected chi connectivity index (χ2v) is 6.98. The predicted molar refractivity (Wildman–Crippen MR) is 106 cm³/mol. The second kappa shape index (κ2) is 8.73. The van der Waals surface area contributed by atoms with Crippen molar-refractivity contribution in [3.05, 3.63) is 66.5 Å². The molecule has 1 atom stereocenters. The van der Waals surface area contributed by atoms with Gasteiger partial charge < -0.3 is 9.64 Å². The predicted octanol–water partition coefficient (Wildman–Crippen LogP) is 3.59. The van der Waals surface area contributed by atoms with Gasteiger partial charge in [0.2, 0.25) is 5.91 Å². The van der Waals surface area contributed by atoms with Gasteiger partial charge in [-0.3, -0.25) is 9.36 Å². The second-order valence-electron chi connectivity index (χ2n) is 6.04. The third-order valence-electron chi connectivity index (χ3n) is 4.44. The maximum Gasteiger partial charge on any atom is 0.233 e. The molecule has 0 saturated carbocycles. The lowest BCUT2D eigenvalue weighted by Crippen LogP contribution is -2.31. The minimum atomic E-state index is 0.00591. The maximum absolute atomic E-state index is 12.6. The van der Waals surface area contributed by atoms with E-state index < -0.39 is 0 Å². The molecule has 7 heteroatoms. The summed E-state index contributed by atoms with van der Waals surface area (Å²) in [5, 5.41) is 8.79. The first kappa shape index (κ1) is 19.0. The van der Waals surface area contributed by atoms with Gasteiger partial charge in [0.1, 0.15) is 12.1 Å². The molecule has 3 aromatic rings. The zero-order valence-electron chi connectivity index (χ0n) is 15.6. The van der Waals surface area contributed by atoms with Gasteiger partial charge in [-0.1, -0.05) is 54.2 Å². The molecule has 3 rings (SSSR count). The first-order valence-electron chi connectivity index (χ1n) is 8.58. The third-order valence-corrected chi connectivity index (χ3v) is 5.37. The molecule has 0 bridgehead atoms. The Morgan fingerprint density at radius 1 is 1.19 bits per heavy atom. The maximum atomic E-state index is 12.6. The number of hydrogen-bond acceptors (Lipinski definition) is 5. The highest BCUT2D eigenvalue weighted by atomic mass is 32.2. The molecule has 0 aliphatic carbocycles. The Morgan fingerprint density at radius 2 is 1.89 bits per heavy atom. The SMILES string of the molecule is COc1ccccc1-n1cnnc1SCC(=O)N(C)[C@H](C)c1ccccc1. The molecule has 0 aliphatic rings. The van der Waals surface area contributed by atoms with Crippen LogP contribution in [0.25, 0.3) is 5.69 Å². The average molecular weight is 382 g/mol. The van der Waals surface area contributed by atoms with E-state index in [1.807, 2.05) is 73.1 Å². The van der Waals surface area contributed by atoms with Crippen LogP contribution in [0.15, 0.2) is 66.1 Å². The molecule has 0 aliphatic heterocycles. The summed E-state index contributed by atoms with van der Waals surface area (Å²) in [5.74, 6) is 1.04. The van der Waals surface area contributed by atoms with E-state index in [1.165, 1.54) is 11.8 Å². The van der Waals surface area contributed by atoms with E-state index in [4.69, 9.17) is 4.74 Å². The molecule has 1 amide bonds. The highest BCUT2D eigenvalue weighted by Crippen LogP contribution is 2.27. The molecular formula is C20H22N4O2S. The van der Waals surface area contributed by atoms with Gasteiger partial charge in [-0.15, -0.1) is 10.2 Å². The molecule has 1 aromatic heterocycles. The average Bonchev–Trinajstić information content (AvgIpc) is 3.19. The lowest BCUT2D eigenvalue weighted by molar-refractivity contribution is -0.128. The van der Waals surface area contributed by atoms with Gasteiger partial charge in [0, 0.05) is 7.05 Å². The van der Waals surface area contributed by atoms with Crippen LogP contribution in [0.4, 0.5) is 0 Å². The van der Waals surface area contributed by atoms with Gasteiger partial charge in [-0.05, 0) is 24.6 Å². The van der Waals surface area contributed by atoms with Crippen molar-refractivity contribution in [3.63, 3.8) is 0 Å². The van der Waals surface area contributed by atoms with Crippen LogP contribution in [-0.2, 0) is 4.79 Å². The van der Waals surface area contributed by atoms with Crippen molar-refractivity contribution in [1.29, 1.82) is 0 Å². The zero-order chi connectivity index (χ0) is 19.2. The smallest absolute Gasteiger partial charge is 0.233 e. The first-order valence-corrected chi connectivity index (χ1v) is 9.57. The van der Waals surface area contributed by atoms with Crippen molar-refractivity contribution in [2.75, 3.05) is 19.9 Å². The van der Waals surface area contributed by atoms with Crippen molar-refractivity contribution in [1.82, 2.24) is 19.7 Å². The Kier molecular flexibility index (Phi) is 6.13. The van der Waals surface area contributed by atoms with Gasteiger partial charge >= 0.3 is 0 Å². The third kappa shape index (κ3) is 4.31. The zero-order valence-corrected chi connectivity index (χ0v) is 16.4. The fraction of sp³-hybridized carbons (Fsp3) is 0.250. The standard InChI is InChI=1S/C20H22N4O2S/c1-15(16-9-5-4-6-10-16)23(2)19(25)13-27-20-22-21-14-24(20)17-11-7-8-12-18(17)26-3/h4-12,14-15H,13H2,1-3H3/t15-/m1/s1. The minimum absolute atomic E-state index is 0.00591. The van der Waals surface area contributed by atoms with E-state index in [9.17, 15) is 4.79 Å². The first-order chi connectivity index (χ1) is 13.1. The number of hydrogen-bond donors (Lipinski definition) is 0. The summed E-state index contributed by atoms with van der Waals surface area (Å²) in [7, 11) is 3.45. The van der Waals surface area contributed by atoms with Gasteiger partial charge in [0.15, 0.2) is 5.16 Å². The summed E-state index contributed by atoms with van der Waals surface area (Å²) in [6.07, 6.45) is 1.63. The lowest BCUT2D eigenvalue weighted by Gasteiger charge is -2.25. The van der Waals surface area contributed by atoms with Gasteiger partial charge in [0.25, 0.3) is 0 Å². The number of rotatable bonds is 7. The van der Waals surface area contributed by atoms with Crippen LogP contribution in [0, 0.1) is 0 Å². The van der Waals surface area contributed by atoms with E-state index in [1.54, 1.807) is 18.3 Å². The largest absolute Gasteiger partial charge is 0.495 e. The van der Waals surface area contributed by atoms with Crippen LogP contribution in [0.2, 0.25) is 0 Å². The summed E-state index contributed by atoms with van der Waals surface area (Å²) in [6, 6.07) is 17.6. The molecule has 0 unspecified atom stereocenters. The van der Waals surface area contributed by atoms with Crippen molar-refractivity contribution in [2.24, 2.45) is 0 Å². The number of carbonyl (C=O) groups excluding carboxylic acids is 1. The number of amides is 1.